The number of benzene rings is 2. The third-order valence-electron chi connectivity index (χ3n) is 7.68. The van der Waals surface area contributed by atoms with Gasteiger partial charge in [-0.2, -0.15) is 13.2 Å². The van der Waals surface area contributed by atoms with Crippen molar-refractivity contribution in [3.05, 3.63) is 41.5 Å². The average molecular weight is 509 g/mol. The second-order valence-corrected chi connectivity index (χ2v) is 9.54. The summed E-state index contributed by atoms with van der Waals surface area (Å²) in [5.74, 6) is -0.309. The molecule has 2 fully saturated rings. The molecule has 36 heavy (non-hydrogen) atoms. The van der Waals surface area contributed by atoms with Crippen LogP contribution in [0.25, 0.3) is 0 Å². The van der Waals surface area contributed by atoms with Gasteiger partial charge in [0, 0.05) is 17.5 Å². The Morgan fingerprint density at radius 1 is 1.11 bits per heavy atom. The van der Waals surface area contributed by atoms with Crippen molar-refractivity contribution >= 4 is 17.3 Å². The average Bonchev–Trinajstić information content (AvgIpc) is 2.85. The smallest absolute Gasteiger partial charge is 0.490 e. The molecule has 4 N–H and O–H groups in total. The second-order valence-electron chi connectivity index (χ2n) is 9.54. The number of methoxy groups -OCH3 is 2. The number of carboxylic acid groups (broad SMARTS) is 1. The predicted molar refractivity (Wildman–Crippen MR) is 128 cm³/mol. The molecule has 3 aliphatic rings. The van der Waals surface area contributed by atoms with Crippen LogP contribution in [0, 0.1) is 5.92 Å². The molecule has 7 nitrogen and oxygen atoms in total. The first kappa shape index (κ1) is 25.9. The Balaban J connectivity index is 0.000000384. The fourth-order valence-electron chi connectivity index (χ4n) is 6.12. The molecule has 2 aromatic carbocycles. The Morgan fingerprint density at radius 3 is 2.53 bits per heavy atom. The minimum atomic E-state index is -5.08. The number of carbonyl (C=O) groups is 1. The van der Waals surface area contributed by atoms with Crippen molar-refractivity contribution < 1.29 is 37.7 Å². The molecule has 0 spiro atoms. The van der Waals surface area contributed by atoms with E-state index in [0.29, 0.717) is 23.5 Å². The van der Waals surface area contributed by atoms with Crippen LogP contribution in [0.4, 0.5) is 24.5 Å². The highest BCUT2D eigenvalue weighted by atomic mass is 19.4. The van der Waals surface area contributed by atoms with Gasteiger partial charge >= 0.3 is 12.1 Å². The van der Waals surface area contributed by atoms with E-state index in [1.54, 1.807) is 14.2 Å². The fraction of sp³-hybridized carbons (Fsp3) is 0.500. The van der Waals surface area contributed by atoms with Crippen LogP contribution in [-0.4, -0.2) is 49.2 Å². The maximum atomic E-state index is 10.9. The van der Waals surface area contributed by atoms with Crippen molar-refractivity contribution in [1.82, 2.24) is 5.32 Å². The number of aromatic hydroxyl groups is 1. The lowest BCUT2D eigenvalue weighted by Gasteiger charge is -2.56. The summed E-state index contributed by atoms with van der Waals surface area (Å²) in [6.45, 7) is 1.09. The SMILES string of the molecule is COc1ccc(Nc2cc3c(cc2O)[C@]24CCCC[C@@H]2[C@H](C3)NCC4)c(OC)c1.O=C(O)C(F)(F)F. The van der Waals surface area contributed by atoms with Gasteiger partial charge in [-0.3, -0.25) is 0 Å². The maximum absolute atomic E-state index is 10.9. The zero-order chi connectivity index (χ0) is 26.1. The number of phenolic OH excluding ortho intramolecular Hbond substituents is 1. The van der Waals surface area contributed by atoms with Gasteiger partial charge in [0.25, 0.3) is 0 Å². The van der Waals surface area contributed by atoms with Gasteiger partial charge in [0.1, 0.15) is 17.2 Å². The summed E-state index contributed by atoms with van der Waals surface area (Å²) < 4.78 is 42.5. The zero-order valence-corrected chi connectivity index (χ0v) is 20.2. The van der Waals surface area contributed by atoms with Crippen LogP contribution in [0.15, 0.2) is 30.3 Å². The number of nitrogens with one attached hydrogen (secondary N) is 2. The predicted octanol–water partition coefficient (Wildman–Crippen LogP) is 5.13. The highest BCUT2D eigenvalue weighted by Gasteiger charge is 2.51. The van der Waals surface area contributed by atoms with Gasteiger partial charge in [-0.25, -0.2) is 4.79 Å². The summed E-state index contributed by atoms with van der Waals surface area (Å²) in [7, 11) is 3.28. The lowest BCUT2D eigenvalue weighted by Crippen LogP contribution is -2.59. The van der Waals surface area contributed by atoms with Crippen molar-refractivity contribution in [2.24, 2.45) is 5.92 Å². The van der Waals surface area contributed by atoms with Crippen molar-refractivity contribution in [3.63, 3.8) is 0 Å². The number of halogens is 3. The van der Waals surface area contributed by atoms with Crippen LogP contribution >= 0.6 is 0 Å². The molecule has 10 heteroatoms. The standard InChI is InChI=1S/C24H30N2O3.C2HF3O2/c1-28-16-6-7-19(23(13-16)29-2)26-21-12-15-11-20-17-5-3-4-8-24(17,9-10-25-20)18(15)14-22(21)27;3-2(4,5)1(6)7/h6-7,12-14,17,20,25-27H,3-5,8-11H2,1-2H3;(H,6,7)/t17-,20+,24+;/m1./s1. The fourth-order valence-corrected chi connectivity index (χ4v) is 6.12. The van der Waals surface area contributed by atoms with Gasteiger partial charge in [-0.1, -0.05) is 12.8 Å². The number of anilines is 2. The molecule has 5 rings (SSSR count). The van der Waals surface area contributed by atoms with Crippen LogP contribution < -0.4 is 20.1 Å². The Bertz CT molecular complexity index is 1120. The van der Waals surface area contributed by atoms with E-state index in [0.717, 1.165) is 30.1 Å². The summed E-state index contributed by atoms with van der Waals surface area (Å²) in [4.78, 5) is 8.90. The quantitative estimate of drug-likeness (QED) is 0.425. The van der Waals surface area contributed by atoms with Gasteiger partial charge < -0.3 is 30.3 Å². The van der Waals surface area contributed by atoms with E-state index in [4.69, 9.17) is 19.4 Å². The Labute approximate surface area is 207 Å². The minimum Gasteiger partial charge on any atom is -0.506 e. The molecule has 3 atom stereocenters. The number of alkyl halides is 3. The molecule has 2 aliphatic carbocycles. The molecule has 1 saturated heterocycles. The number of ether oxygens (including phenoxy) is 2. The molecule has 2 bridgehead atoms. The van der Waals surface area contributed by atoms with E-state index in [-0.39, 0.29) is 5.41 Å². The number of aliphatic carboxylic acids is 1. The molecule has 2 aromatic rings. The number of piperidine rings is 1. The van der Waals surface area contributed by atoms with Crippen molar-refractivity contribution in [2.45, 2.75) is 56.2 Å². The molecule has 0 radical (unpaired) electrons. The molecular formula is C26H31F3N2O5. The second kappa shape index (κ2) is 10.1. The van der Waals surface area contributed by atoms with Crippen LogP contribution in [0.2, 0.25) is 0 Å². The van der Waals surface area contributed by atoms with Gasteiger partial charge in [-0.15, -0.1) is 0 Å². The number of hydrogen-bond donors (Lipinski definition) is 4. The number of phenols is 1. The van der Waals surface area contributed by atoms with Crippen LogP contribution in [0.5, 0.6) is 17.2 Å². The molecule has 0 unspecified atom stereocenters. The summed E-state index contributed by atoms with van der Waals surface area (Å²) in [5, 5.41) is 25.2. The molecule has 1 saturated carbocycles. The van der Waals surface area contributed by atoms with Gasteiger partial charge in [0.2, 0.25) is 0 Å². The number of rotatable bonds is 4. The normalized spacial score (nSPS) is 24.4. The molecule has 0 amide bonds. The van der Waals surface area contributed by atoms with Crippen molar-refractivity contribution in [2.75, 3.05) is 26.1 Å². The molecular weight excluding hydrogens is 477 g/mol. The monoisotopic (exact) mass is 508 g/mol. The number of hydrogen-bond acceptors (Lipinski definition) is 6. The van der Waals surface area contributed by atoms with E-state index < -0.39 is 12.1 Å². The third-order valence-corrected chi connectivity index (χ3v) is 7.68. The minimum absolute atomic E-state index is 0.246. The highest BCUT2D eigenvalue weighted by Crippen LogP contribution is 2.55. The van der Waals surface area contributed by atoms with Gasteiger partial charge in [0.05, 0.1) is 25.6 Å². The Hall–Kier alpha value is -3.14. The molecule has 196 valence electrons. The molecule has 1 heterocycles. The van der Waals surface area contributed by atoms with E-state index in [1.165, 1.54) is 43.2 Å². The van der Waals surface area contributed by atoms with Crippen molar-refractivity contribution in [3.8, 4) is 17.2 Å². The zero-order valence-electron chi connectivity index (χ0n) is 20.2. The van der Waals surface area contributed by atoms with E-state index in [9.17, 15) is 18.3 Å². The maximum Gasteiger partial charge on any atom is 0.490 e. The summed E-state index contributed by atoms with van der Waals surface area (Å²) in [6.07, 6.45) is 2.33. The van der Waals surface area contributed by atoms with Gasteiger partial charge in [0.15, 0.2) is 0 Å². The van der Waals surface area contributed by atoms with Crippen LogP contribution in [0.3, 0.4) is 0 Å². The van der Waals surface area contributed by atoms with Crippen LogP contribution in [0.1, 0.15) is 43.2 Å². The van der Waals surface area contributed by atoms with E-state index >= 15 is 0 Å². The van der Waals surface area contributed by atoms with Gasteiger partial charge in [-0.05, 0) is 73.5 Å². The van der Waals surface area contributed by atoms with E-state index in [2.05, 4.69) is 16.7 Å². The summed E-state index contributed by atoms with van der Waals surface area (Å²) >= 11 is 0. The first-order chi connectivity index (χ1) is 17.1. The third kappa shape index (κ3) is 4.91. The summed E-state index contributed by atoms with van der Waals surface area (Å²) in [5.41, 5.74) is 4.55. The van der Waals surface area contributed by atoms with Crippen LogP contribution in [-0.2, 0) is 16.6 Å². The highest BCUT2D eigenvalue weighted by molar-refractivity contribution is 5.73. The number of fused-ring (bicyclic) bond motifs is 1. The largest absolute Gasteiger partial charge is 0.506 e. The Kier molecular flexibility index (Phi) is 7.26. The van der Waals surface area contributed by atoms with Crippen molar-refractivity contribution in [1.29, 1.82) is 0 Å². The lowest BCUT2D eigenvalue weighted by molar-refractivity contribution is -0.192. The molecule has 0 aromatic heterocycles. The first-order valence-corrected chi connectivity index (χ1v) is 12.0. The topological polar surface area (TPSA) is 100 Å². The summed E-state index contributed by atoms with van der Waals surface area (Å²) in [6, 6.07) is 10.4. The number of carboxylic acids is 1. The molecule has 1 aliphatic heterocycles. The lowest BCUT2D eigenvalue weighted by atomic mass is 9.53. The first-order valence-electron chi connectivity index (χ1n) is 12.0. The Morgan fingerprint density at radius 2 is 1.86 bits per heavy atom. The van der Waals surface area contributed by atoms with E-state index in [1.807, 2.05) is 24.3 Å².